The van der Waals surface area contributed by atoms with Gasteiger partial charge < -0.3 is 10.1 Å². The minimum absolute atomic E-state index is 0.130. The molecule has 1 unspecified atom stereocenters. The number of hydrogen-bond donors (Lipinski definition) is 2. The van der Waals surface area contributed by atoms with Crippen molar-refractivity contribution in [1.29, 1.82) is 0 Å². The van der Waals surface area contributed by atoms with Crippen molar-refractivity contribution in [3.05, 3.63) is 57.0 Å². The Kier molecular flexibility index (Phi) is 4.23. The molecule has 5 nitrogen and oxygen atoms in total. The van der Waals surface area contributed by atoms with Gasteiger partial charge in [-0.1, -0.05) is 11.6 Å². The molecule has 0 fully saturated rings. The molecular weight excluding hydrogens is 358 g/mol. The van der Waals surface area contributed by atoms with Crippen LogP contribution in [0, 0.1) is 6.92 Å². The number of carbonyl (C=O) groups excluding carboxylic acids is 1. The summed E-state index contributed by atoms with van der Waals surface area (Å²) in [4.78, 5) is 12.1. The number of aromatic nitrogens is 2. The zero-order chi connectivity index (χ0) is 17.4. The predicted molar refractivity (Wildman–Crippen MR) is 98.5 cm³/mol. The van der Waals surface area contributed by atoms with Crippen LogP contribution in [0.2, 0.25) is 5.02 Å². The maximum atomic E-state index is 12.1. The van der Waals surface area contributed by atoms with Crippen molar-refractivity contribution < 1.29 is 9.53 Å². The Bertz CT molecular complexity index is 921. The highest BCUT2D eigenvalue weighted by Crippen LogP contribution is 2.39. The number of carbonyl (C=O) groups is 1. The number of nitrogens with zero attached hydrogens (tertiary/aromatic N) is 1. The third-order valence-electron chi connectivity index (χ3n) is 4.14. The van der Waals surface area contributed by atoms with E-state index in [9.17, 15) is 4.79 Å². The Morgan fingerprint density at radius 3 is 3.04 bits per heavy atom. The predicted octanol–water partition coefficient (Wildman–Crippen LogP) is 3.83. The minimum atomic E-state index is -0.214. The lowest BCUT2D eigenvalue weighted by atomic mass is 10.0. The van der Waals surface area contributed by atoms with Gasteiger partial charge in [0.05, 0.1) is 11.6 Å². The van der Waals surface area contributed by atoms with E-state index < -0.39 is 0 Å². The molecule has 7 heteroatoms. The maximum Gasteiger partial charge on any atom is 0.271 e. The van der Waals surface area contributed by atoms with Gasteiger partial charge in [0, 0.05) is 17.7 Å². The van der Waals surface area contributed by atoms with Gasteiger partial charge in [-0.25, -0.2) is 0 Å². The maximum absolute atomic E-state index is 12.1. The number of halogens is 1. The molecule has 0 bridgehead atoms. The number of thiophene rings is 1. The molecule has 2 aromatic heterocycles. The SMILES string of the molecule is Cc1cc(C(=O)NCC2Cc3cc(-c4ccsc4)cc(Cl)c3O2)n[nH]1. The van der Waals surface area contributed by atoms with Gasteiger partial charge in [-0.05, 0) is 53.1 Å². The lowest BCUT2D eigenvalue weighted by Gasteiger charge is -2.11. The van der Waals surface area contributed by atoms with Crippen LogP contribution in [0.15, 0.2) is 35.0 Å². The van der Waals surface area contributed by atoms with Crippen molar-refractivity contribution in [1.82, 2.24) is 15.5 Å². The van der Waals surface area contributed by atoms with Gasteiger partial charge in [0.2, 0.25) is 0 Å². The molecule has 2 N–H and O–H groups in total. The first-order valence-electron chi connectivity index (χ1n) is 7.92. The van der Waals surface area contributed by atoms with Gasteiger partial charge in [-0.2, -0.15) is 16.4 Å². The normalized spacial score (nSPS) is 15.7. The Balaban J connectivity index is 1.44. The number of nitrogens with one attached hydrogen (secondary N) is 2. The summed E-state index contributed by atoms with van der Waals surface area (Å²) in [6, 6.07) is 7.82. The molecule has 0 aliphatic carbocycles. The molecule has 1 aliphatic rings. The van der Waals surface area contributed by atoms with Gasteiger partial charge in [-0.15, -0.1) is 0 Å². The van der Waals surface area contributed by atoms with E-state index in [0.717, 1.165) is 28.1 Å². The van der Waals surface area contributed by atoms with E-state index in [1.54, 1.807) is 17.4 Å². The summed E-state index contributed by atoms with van der Waals surface area (Å²) in [5.74, 6) is 0.504. The summed E-state index contributed by atoms with van der Waals surface area (Å²) in [5.41, 5.74) is 4.54. The third-order valence-corrected chi connectivity index (χ3v) is 5.10. The summed E-state index contributed by atoms with van der Waals surface area (Å²) in [7, 11) is 0. The van der Waals surface area contributed by atoms with E-state index in [4.69, 9.17) is 16.3 Å². The average molecular weight is 374 g/mol. The van der Waals surface area contributed by atoms with Crippen LogP contribution in [0.3, 0.4) is 0 Å². The molecule has 0 spiro atoms. The van der Waals surface area contributed by atoms with Crippen LogP contribution in [0.25, 0.3) is 11.1 Å². The molecule has 4 rings (SSSR count). The second-order valence-electron chi connectivity index (χ2n) is 6.05. The summed E-state index contributed by atoms with van der Waals surface area (Å²) >= 11 is 8.05. The lowest BCUT2D eigenvalue weighted by molar-refractivity contribution is 0.0928. The van der Waals surface area contributed by atoms with Crippen LogP contribution < -0.4 is 10.1 Å². The highest BCUT2D eigenvalue weighted by molar-refractivity contribution is 7.08. The number of ether oxygens (including phenoxy) is 1. The number of benzene rings is 1. The monoisotopic (exact) mass is 373 g/mol. The van der Waals surface area contributed by atoms with Gasteiger partial charge in [0.25, 0.3) is 5.91 Å². The molecule has 1 atom stereocenters. The summed E-state index contributed by atoms with van der Waals surface area (Å²) in [6.07, 6.45) is 0.585. The number of hydrogen-bond acceptors (Lipinski definition) is 4. The van der Waals surface area contributed by atoms with E-state index in [0.29, 0.717) is 23.7 Å². The number of aromatic amines is 1. The second-order valence-corrected chi connectivity index (χ2v) is 7.24. The summed E-state index contributed by atoms with van der Waals surface area (Å²) < 4.78 is 5.93. The fourth-order valence-corrected chi connectivity index (χ4v) is 3.88. The average Bonchev–Trinajstić information content (AvgIpc) is 3.32. The van der Waals surface area contributed by atoms with E-state index >= 15 is 0 Å². The molecule has 128 valence electrons. The van der Waals surface area contributed by atoms with E-state index in [-0.39, 0.29) is 12.0 Å². The van der Waals surface area contributed by atoms with Crippen LogP contribution in [-0.2, 0) is 6.42 Å². The zero-order valence-electron chi connectivity index (χ0n) is 13.5. The summed E-state index contributed by atoms with van der Waals surface area (Å²) in [6.45, 7) is 2.26. The fourth-order valence-electron chi connectivity index (χ4n) is 2.93. The first-order valence-corrected chi connectivity index (χ1v) is 9.24. The molecule has 0 radical (unpaired) electrons. The first kappa shape index (κ1) is 16.2. The van der Waals surface area contributed by atoms with Crippen molar-refractivity contribution in [2.75, 3.05) is 6.54 Å². The standard InChI is InChI=1S/C18H16ClN3O2S/c1-10-4-16(22-21-10)18(23)20-8-14-6-13-5-12(11-2-3-25-9-11)7-15(19)17(13)24-14/h2-5,7,9,14H,6,8H2,1H3,(H,20,23)(H,21,22). The quantitative estimate of drug-likeness (QED) is 0.730. The largest absolute Gasteiger partial charge is 0.486 e. The molecule has 1 amide bonds. The van der Waals surface area contributed by atoms with Crippen LogP contribution in [0.5, 0.6) is 5.75 Å². The van der Waals surface area contributed by atoms with E-state index in [1.165, 1.54) is 0 Å². The molecule has 25 heavy (non-hydrogen) atoms. The lowest BCUT2D eigenvalue weighted by Crippen LogP contribution is -2.34. The molecule has 1 aliphatic heterocycles. The highest BCUT2D eigenvalue weighted by Gasteiger charge is 2.26. The van der Waals surface area contributed by atoms with Gasteiger partial charge in [0.1, 0.15) is 17.5 Å². The molecule has 1 aromatic carbocycles. The van der Waals surface area contributed by atoms with Crippen LogP contribution in [0.1, 0.15) is 21.7 Å². The van der Waals surface area contributed by atoms with E-state index in [1.807, 2.05) is 18.4 Å². The Morgan fingerprint density at radius 1 is 1.44 bits per heavy atom. The van der Waals surface area contributed by atoms with Gasteiger partial charge in [-0.3, -0.25) is 9.89 Å². The van der Waals surface area contributed by atoms with Crippen molar-refractivity contribution in [2.45, 2.75) is 19.4 Å². The Hall–Kier alpha value is -2.31. The number of H-pyrrole nitrogens is 1. The Labute approximate surface area is 154 Å². The molecule has 0 saturated heterocycles. The molecular formula is C18H16ClN3O2S. The van der Waals surface area contributed by atoms with Gasteiger partial charge >= 0.3 is 0 Å². The van der Waals surface area contributed by atoms with Crippen LogP contribution in [-0.4, -0.2) is 28.8 Å². The van der Waals surface area contributed by atoms with Crippen LogP contribution >= 0.6 is 22.9 Å². The molecule has 3 heterocycles. The topological polar surface area (TPSA) is 67.0 Å². The van der Waals surface area contributed by atoms with Crippen molar-refractivity contribution in [3.8, 4) is 16.9 Å². The van der Waals surface area contributed by atoms with Crippen LogP contribution in [0.4, 0.5) is 0 Å². The van der Waals surface area contributed by atoms with E-state index in [2.05, 4.69) is 33.0 Å². The molecule has 0 saturated carbocycles. The second kappa shape index (κ2) is 6.54. The van der Waals surface area contributed by atoms with Crippen molar-refractivity contribution in [2.24, 2.45) is 0 Å². The molecule has 3 aromatic rings. The third kappa shape index (κ3) is 3.27. The number of fused-ring (bicyclic) bond motifs is 1. The van der Waals surface area contributed by atoms with Gasteiger partial charge in [0.15, 0.2) is 0 Å². The number of amides is 1. The van der Waals surface area contributed by atoms with Crippen molar-refractivity contribution >= 4 is 28.8 Å². The number of aryl methyl sites for hydroxylation is 1. The van der Waals surface area contributed by atoms with Crippen molar-refractivity contribution in [3.63, 3.8) is 0 Å². The smallest absolute Gasteiger partial charge is 0.271 e. The number of rotatable bonds is 4. The Morgan fingerprint density at radius 2 is 2.32 bits per heavy atom. The first-order chi connectivity index (χ1) is 12.1. The zero-order valence-corrected chi connectivity index (χ0v) is 15.1. The minimum Gasteiger partial charge on any atom is -0.486 e. The highest BCUT2D eigenvalue weighted by atomic mass is 35.5. The fraction of sp³-hybridized carbons (Fsp3) is 0.222. The summed E-state index contributed by atoms with van der Waals surface area (Å²) in [5, 5.41) is 14.3.